The molecule has 102 valence electrons. The second-order valence-corrected chi connectivity index (χ2v) is 5.40. The number of nitrogens with zero attached hydrogens (tertiary/aromatic N) is 2. The quantitative estimate of drug-likeness (QED) is 0.785. The third-order valence-corrected chi connectivity index (χ3v) is 4.11. The van der Waals surface area contributed by atoms with E-state index in [0.717, 1.165) is 25.2 Å². The van der Waals surface area contributed by atoms with Gasteiger partial charge < -0.3 is 4.90 Å². The Labute approximate surface area is 119 Å². The van der Waals surface area contributed by atoms with Gasteiger partial charge in [-0.15, -0.1) is 0 Å². The monoisotopic (exact) mass is 266 g/mol. The molecule has 0 N–H and O–H groups in total. The minimum absolute atomic E-state index is 0.166. The maximum absolute atomic E-state index is 6.26. The third-order valence-electron chi connectivity index (χ3n) is 4.11. The number of para-hydroxylation sites is 2. The Morgan fingerprint density at radius 1 is 0.950 bits per heavy atom. The zero-order chi connectivity index (χ0) is 13.4. The lowest BCUT2D eigenvalue weighted by Gasteiger charge is -2.28. The molecule has 3 nitrogen and oxygen atoms in total. The summed E-state index contributed by atoms with van der Waals surface area (Å²) in [4.78, 5) is 8.66. The van der Waals surface area contributed by atoms with Crippen LogP contribution in [0, 0.1) is 0 Å². The highest BCUT2D eigenvalue weighted by Gasteiger charge is 2.32. The molecule has 2 heterocycles. The first kappa shape index (κ1) is 11.8. The van der Waals surface area contributed by atoms with Crippen LogP contribution in [0.5, 0.6) is 0 Å². The van der Waals surface area contributed by atoms with Crippen molar-refractivity contribution < 1.29 is 4.84 Å². The Bertz CT molecular complexity index is 599. The lowest BCUT2D eigenvalue weighted by molar-refractivity contribution is 0.0404. The number of hydroxylamine groups is 1. The van der Waals surface area contributed by atoms with Crippen molar-refractivity contribution in [3.8, 4) is 0 Å². The van der Waals surface area contributed by atoms with E-state index < -0.39 is 0 Å². The van der Waals surface area contributed by atoms with Gasteiger partial charge in [0.1, 0.15) is 0 Å². The molecule has 0 aromatic heterocycles. The normalized spacial score (nSPS) is 21.3. The van der Waals surface area contributed by atoms with Crippen LogP contribution in [-0.4, -0.2) is 12.8 Å². The van der Waals surface area contributed by atoms with Crippen molar-refractivity contribution in [1.82, 2.24) is 0 Å². The molecule has 1 saturated heterocycles. The zero-order valence-electron chi connectivity index (χ0n) is 11.4. The predicted molar refractivity (Wildman–Crippen MR) is 80.5 cm³/mol. The van der Waals surface area contributed by atoms with Gasteiger partial charge in [0.15, 0.2) is 6.23 Å². The van der Waals surface area contributed by atoms with Crippen LogP contribution < -0.4 is 9.96 Å². The van der Waals surface area contributed by atoms with E-state index in [1.54, 1.807) is 0 Å². The first-order valence-electron chi connectivity index (χ1n) is 7.26. The van der Waals surface area contributed by atoms with Crippen molar-refractivity contribution in [1.29, 1.82) is 0 Å². The fraction of sp³-hybridized carbons (Fsp3) is 0.294. The average molecular weight is 266 g/mol. The molecule has 20 heavy (non-hydrogen) atoms. The van der Waals surface area contributed by atoms with Crippen molar-refractivity contribution in [2.24, 2.45) is 0 Å². The van der Waals surface area contributed by atoms with Crippen molar-refractivity contribution in [3.63, 3.8) is 0 Å². The number of anilines is 2. The van der Waals surface area contributed by atoms with Crippen molar-refractivity contribution >= 4 is 11.4 Å². The summed E-state index contributed by atoms with van der Waals surface area (Å²) in [5.41, 5.74) is 3.78. The molecule has 3 heteroatoms. The summed E-state index contributed by atoms with van der Waals surface area (Å²) in [6.45, 7) is 1.89. The number of benzene rings is 2. The van der Waals surface area contributed by atoms with E-state index >= 15 is 0 Å². The minimum atomic E-state index is 0.166. The van der Waals surface area contributed by atoms with Gasteiger partial charge in [0.2, 0.25) is 0 Å². The van der Waals surface area contributed by atoms with E-state index in [0.29, 0.717) is 0 Å². The first-order valence-corrected chi connectivity index (χ1v) is 7.26. The number of fused-ring (bicyclic) bond motifs is 3. The van der Waals surface area contributed by atoms with Crippen LogP contribution in [-0.2, 0) is 11.4 Å². The van der Waals surface area contributed by atoms with Gasteiger partial charge in [-0.1, -0.05) is 36.4 Å². The largest absolute Gasteiger partial charge is 0.344 e. The van der Waals surface area contributed by atoms with Gasteiger partial charge in [0.25, 0.3) is 0 Å². The molecule has 2 aromatic carbocycles. The SMILES string of the molecule is c1ccc(N2Cc3ccccc3N3CCCC3O2)cc1. The first-order chi connectivity index (χ1) is 9.92. The molecule has 2 aliphatic rings. The van der Waals surface area contributed by atoms with Crippen LogP contribution in [0.2, 0.25) is 0 Å². The average Bonchev–Trinajstić information content (AvgIpc) is 2.90. The van der Waals surface area contributed by atoms with Crippen LogP contribution in [0.3, 0.4) is 0 Å². The van der Waals surface area contributed by atoms with Crippen molar-refractivity contribution in [2.75, 3.05) is 16.5 Å². The molecule has 1 atom stereocenters. The van der Waals surface area contributed by atoms with Gasteiger partial charge in [0, 0.05) is 12.2 Å². The molecule has 0 aliphatic carbocycles. The summed E-state index contributed by atoms with van der Waals surface area (Å²) in [5, 5.41) is 2.04. The maximum Gasteiger partial charge on any atom is 0.157 e. The van der Waals surface area contributed by atoms with Crippen molar-refractivity contribution in [2.45, 2.75) is 25.6 Å². The Hall–Kier alpha value is -2.00. The van der Waals surface area contributed by atoms with E-state index in [9.17, 15) is 0 Å². The second-order valence-electron chi connectivity index (χ2n) is 5.40. The van der Waals surface area contributed by atoms with Gasteiger partial charge in [-0.2, -0.15) is 0 Å². The van der Waals surface area contributed by atoms with Gasteiger partial charge in [-0.05, 0) is 36.6 Å². The molecule has 2 aliphatic heterocycles. The number of rotatable bonds is 1. The van der Waals surface area contributed by atoms with Crippen LogP contribution in [0.15, 0.2) is 54.6 Å². The molecule has 0 spiro atoms. The highest BCUT2D eigenvalue weighted by molar-refractivity contribution is 5.58. The highest BCUT2D eigenvalue weighted by Crippen LogP contribution is 2.35. The number of hydrogen-bond acceptors (Lipinski definition) is 3. The summed E-state index contributed by atoms with van der Waals surface area (Å²) >= 11 is 0. The molecule has 0 amide bonds. The van der Waals surface area contributed by atoms with E-state index in [-0.39, 0.29) is 6.23 Å². The minimum Gasteiger partial charge on any atom is -0.344 e. The van der Waals surface area contributed by atoms with E-state index in [4.69, 9.17) is 4.84 Å². The fourth-order valence-electron chi connectivity index (χ4n) is 3.13. The summed E-state index contributed by atoms with van der Waals surface area (Å²) in [7, 11) is 0. The Morgan fingerprint density at radius 2 is 1.75 bits per heavy atom. The fourth-order valence-corrected chi connectivity index (χ4v) is 3.13. The Balaban J connectivity index is 1.75. The predicted octanol–water partition coefficient (Wildman–Crippen LogP) is 3.56. The smallest absolute Gasteiger partial charge is 0.157 e. The van der Waals surface area contributed by atoms with Gasteiger partial charge in [0.05, 0.1) is 12.2 Å². The summed E-state index contributed by atoms with van der Waals surface area (Å²) in [6.07, 6.45) is 2.46. The van der Waals surface area contributed by atoms with Gasteiger partial charge in [-0.3, -0.25) is 0 Å². The molecule has 0 radical (unpaired) electrons. The third kappa shape index (κ3) is 1.95. The lowest BCUT2D eigenvalue weighted by atomic mass is 10.1. The van der Waals surface area contributed by atoms with Gasteiger partial charge in [-0.25, -0.2) is 9.90 Å². The van der Waals surface area contributed by atoms with Crippen LogP contribution in [0.4, 0.5) is 11.4 Å². The molecule has 0 saturated carbocycles. The van der Waals surface area contributed by atoms with Crippen LogP contribution >= 0.6 is 0 Å². The standard InChI is InChI=1S/C17H18N2O/c1-2-8-15(9-3-1)19-13-14-7-4-5-10-16(14)18-12-6-11-17(18)20-19/h1-5,7-10,17H,6,11-13H2. The molecular weight excluding hydrogens is 248 g/mol. The molecule has 2 aromatic rings. The topological polar surface area (TPSA) is 15.7 Å². The lowest BCUT2D eigenvalue weighted by Crippen LogP contribution is -2.35. The summed E-state index contributed by atoms with van der Waals surface area (Å²) in [6, 6.07) is 19.0. The van der Waals surface area contributed by atoms with Gasteiger partial charge >= 0.3 is 0 Å². The van der Waals surface area contributed by atoms with E-state index in [1.165, 1.54) is 17.7 Å². The Kier molecular flexibility index (Phi) is 2.85. The van der Waals surface area contributed by atoms with E-state index in [2.05, 4.69) is 53.4 Å². The molecule has 0 bridgehead atoms. The van der Waals surface area contributed by atoms with Crippen LogP contribution in [0.1, 0.15) is 18.4 Å². The summed E-state index contributed by atoms with van der Waals surface area (Å²) in [5.74, 6) is 0. The second kappa shape index (κ2) is 4.84. The molecule has 4 rings (SSSR count). The van der Waals surface area contributed by atoms with Crippen LogP contribution in [0.25, 0.3) is 0 Å². The Morgan fingerprint density at radius 3 is 2.65 bits per heavy atom. The van der Waals surface area contributed by atoms with E-state index in [1.807, 2.05) is 11.1 Å². The summed E-state index contributed by atoms with van der Waals surface area (Å²) < 4.78 is 0. The zero-order valence-corrected chi connectivity index (χ0v) is 11.4. The molecule has 1 fully saturated rings. The molecular formula is C17H18N2O. The number of hydrogen-bond donors (Lipinski definition) is 0. The molecule has 1 unspecified atom stereocenters. The maximum atomic E-state index is 6.26. The van der Waals surface area contributed by atoms with Crippen molar-refractivity contribution in [3.05, 3.63) is 60.2 Å². The highest BCUT2D eigenvalue weighted by atomic mass is 16.7.